The predicted molar refractivity (Wildman–Crippen MR) is 61.0 cm³/mol. The van der Waals surface area contributed by atoms with Gasteiger partial charge in [-0.15, -0.1) is 6.42 Å². The van der Waals surface area contributed by atoms with Crippen LogP contribution in [0.15, 0.2) is 58.8 Å². The van der Waals surface area contributed by atoms with Gasteiger partial charge in [-0.25, -0.2) is 0 Å². The van der Waals surface area contributed by atoms with Gasteiger partial charge in [-0.2, -0.15) is 10.2 Å². The van der Waals surface area contributed by atoms with E-state index < -0.39 is 0 Å². The third-order valence-electron chi connectivity index (χ3n) is 2.07. The number of hydrogen-bond acceptors (Lipinski definition) is 2. The number of terminal acetylenes is 1. The van der Waals surface area contributed by atoms with Crippen molar-refractivity contribution in [2.45, 2.75) is 6.04 Å². The van der Waals surface area contributed by atoms with E-state index in [1.807, 2.05) is 48.6 Å². The normalized spacial score (nSPS) is 14.9. The first-order valence-electron chi connectivity index (χ1n) is 4.71. The van der Waals surface area contributed by atoms with E-state index in [2.05, 4.69) is 16.1 Å². The summed E-state index contributed by atoms with van der Waals surface area (Å²) in [7, 11) is 0. The van der Waals surface area contributed by atoms with Crippen molar-refractivity contribution < 1.29 is 0 Å². The van der Waals surface area contributed by atoms with E-state index in [1.54, 1.807) is 0 Å². The van der Waals surface area contributed by atoms with Gasteiger partial charge in [-0.05, 0) is 24.3 Å². The van der Waals surface area contributed by atoms with E-state index in [-0.39, 0.29) is 6.04 Å². The molecular formula is C13H10N2. The first-order chi connectivity index (χ1) is 7.38. The van der Waals surface area contributed by atoms with Crippen molar-refractivity contribution in [1.29, 1.82) is 0 Å². The van der Waals surface area contributed by atoms with Crippen LogP contribution in [0.25, 0.3) is 0 Å². The Morgan fingerprint density at radius 1 is 1.07 bits per heavy atom. The highest BCUT2D eigenvalue weighted by molar-refractivity contribution is 5.43. The summed E-state index contributed by atoms with van der Waals surface area (Å²) in [5.74, 6) is 2.56. The topological polar surface area (TPSA) is 24.7 Å². The summed E-state index contributed by atoms with van der Waals surface area (Å²) in [6.07, 6.45) is 13.1. The van der Waals surface area contributed by atoms with Crippen LogP contribution in [0.1, 0.15) is 5.56 Å². The Morgan fingerprint density at radius 2 is 1.73 bits per heavy atom. The highest BCUT2D eigenvalue weighted by Crippen LogP contribution is 2.15. The number of rotatable bonds is 2. The maximum atomic E-state index is 5.25. The van der Waals surface area contributed by atoms with Gasteiger partial charge in [-0.3, -0.25) is 0 Å². The first-order valence-corrected chi connectivity index (χ1v) is 4.71. The summed E-state index contributed by atoms with van der Waals surface area (Å²) >= 11 is 0. The van der Waals surface area contributed by atoms with E-state index in [9.17, 15) is 0 Å². The molecule has 0 unspecified atom stereocenters. The average molecular weight is 194 g/mol. The fourth-order valence-corrected chi connectivity index (χ4v) is 1.25. The lowest BCUT2D eigenvalue weighted by Gasteiger charge is -1.95. The van der Waals surface area contributed by atoms with Crippen molar-refractivity contribution >= 4 is 5.69 Å². The lowest BCUT2D eigenvalue weighted by atomic mass is 10.2. The molecule has 0 aliphatic heterocycles. The Hall–Kier alpha value is -2.14. The molecule has 0 radical (unpaired) electrons. The van der Waals surface area contributed by atoms with E-state index in [0.29, 0.717) is 0 Å². The van der Waals surface area contributed by atoms with Crippen LogP contribution < -0.4 is 0 Å². The minimum absolute atomic E-state index is 0.0808. The van der Waals surface area contributed by atoms with E-state index in [1.165, 1.54) is 0 Å². The summed E-state index contributed by atoms with van der Waals surface area (Å²) in [5.41, 5.74) is 1.68. The first kappa shape index (κ1) is 9.42. The van der Waals surface area contributed by atoms with Crippen molar-refractivity contribution in [2.24, 2.45) is 10.2 Å². The molecule has 0 heterocycles. The van der Waals surface area contributed by atoms with E-state index in [4.69, 9.17) is 6.42 Å². The zero-order valence-corrected chi connectivity index (χ0v) is 8.17. The van der Waals surface area contributed by atoms with Crippen LogP contribution >= 0.6 is 0 Å². The molecule has 0 saturated carbocycles. The number of nitrogens with zero attached hydrogens (tertiary/aromatic N) is 2. The Balaban J connectivity index is 2.08. The van der Waals surface area contributed by atoms with Crippen molar-refractivity contribution in [2.75, 3.05) is 0 Å². The molecule has 0 spiro atoms. The second-order valence-electron chi connectivity index (χ2n) is 3.17. The average Bonchev–Trinajstić information content (AvgIpc) is 2.80. The third kappa shape index (κ3) is 2.41. The molecule has 1 aliphatic carbocycles. The molecule has 0 amide bonds. The van der Waals surface area contributed by atoms with Gasteiger partial charge < -0.3 is 0 Å². The minimum atomic E-state index is 0.0808. The van der Waals surface area contributed by atoms with E-state index >= 15 is 0 Å². The molecule has 0 fully saturated rings. The van der Waals surface area contributed by atoms with Gasteiger partial charge in [0.05, 0.1) is 5.69 Å². The molecule has 15 heavy (non-hydrogen) atoms. The largest absolute Gasteiger partial charge is 0.177 e. The molecule has 0 N–H and O–H groups in total. The highest BCUT2D eigenvalue weighted by atomic mass is 15.1. The standard InChI is InChI=1S/C13H10N2/c1-2-11-7-9-13(10-8-11)15-14-12-5-3-4-6-12/h1,3-10,12H. The van der Waals surface area contributed by atoms with Gasteiger partial charge >= 0.3 is 0 Å². The van der Waals surface area contributed by atoms with Crippen molar-refractivity contribution in [3.05, 3.63) is 54.1 Å². The van der Waals surface area contributed by atoms with Crippen LogP contribution in [-0.2, 0) is 0 Å². The number of hydrogen-bond donors (Lipinski definition) is 0. The van der Waals surface area contributed by atoms with Crippen LogP contribution in [0.2, 0.25) is 0 Å². The zero-order valence-electron chi connectivity index (χ0n) is 8.17. The van der Waals surface area contributed by atoms with Crippen LogP contribution in [0.4, 0.5) is 5.69 Å². The van der Waals surface area contributed by atoms with Crippen LogP contribution in [0.3, 0.4) is 0 Å². The number of allylic oxidation sites excluding steroid dienone is 2. The van der Waals surface area contributed by atoms with Gasteiger partial charge in [-0.1, -0.05) is 30.2 Å². The molecule has 0 bridgehead atoms. The molecule has 2 rings (SSSR count). The van der Waals surface area contributed by atoms with Crippen LogP contribution in [-0.4, -0.2) is 6.04 Å². The fourth-order valence-electron chi connectivity index (χ4n) is 1.25. The molecule has 1 aliphatic rings. The summed E-state index contributed by atoms with van der Waals surface area (Å²) in [6.45, 7) is 0. The van der Waals surface area contributed by atoms with Crippen molar-refractivity contribution in [1.82, 2.24) is 0 Å². The van der Waals surface area contributed by atoms with Gasteiger partial charge in [0, 0.05) is 5.56 Å². The summed E-state index contributed by atoms with van der Waals surface area (Å²) in [4.78, 5) is 0. The summed E-state index contributed by atoms with van der Waals surface area (Å²) < 4.78 is 0. The Kier molecular flexibility index (Phi) is 2.75. The second kappa shape index (κ2) is 4.39. The summed E-state index contributed by atoms with van der Waals surface area (Å²) in [5, 5.41) is 8.27. The molecule has 2 nitrogen and oxygen atoms in total. The minimum Gasteiger partial charge on any atom is -0.177 e. The fraction of sp³-hybridized carbons (Fsp3) is 0.0769. The zero-order chi connectivity index (χ0) is 10.5. The number of benzene rings is 1. The van der Waals surface area contributed by atoms with Gasteiger partial charge in [0.1, 0.15) is 6.04 Å². The molecule has 72 valence electrons. The lowest BCUT2D eigenvalue weighted by Crippen LogP contribution is -1.87. The SMILES string of the molecule is C#Cc1ccc(N=NC2C=CC=C2)cc1. The van der Waals surface area contributed by atoms with E-state index in [0.717, 1.165) is 11.3 Å². The molecule has 1 aromatic carbocycles. The van der Waals surface area contributed by atoms with Crippen molar-refractivity contribution in [3.8, 4) is 12.3 Å². The van der Waals surface area contributed by atoms with Gasteiger partial charge in [0.25, 0.3) is 0 Å². The summed E-state index contributed by atoms with van der Waals surface area (Å²) in [6, 6.07) is 7.52. The maximum Gasteiger partial charge on any atom is 0.108 e. The lowest BCUT2D eigenvalue weighted by molar-refractivity contribution is 0.939. The highest BCUT2D eigenvalue weighted by Gasteiger charge is 1.99. The quantitative estimate of drug-likeness (QED) is 0.510. The molecular weight excluding hydrogens is 184 g/mol. The van der Waals surface area contributed by atoms with Gasteiger partial charge in [0.2, 0.25) is 0 Å². The van der Waals surface area contributed by atoms with Crippen LogP contribution in [0.5, 0.6) is 0 Å². The molecule has 0 aromatic heterocycles. The Bertz CT molecular complexity index is 446. The van der Waals surface area contributed by atoms with Gasteiger partial charge in [0.15, 0.2) is 0 Å². The predicted octanol–water partition coefficient (Wildman–Crippen LogP) is 3.25. The second-order valence-corrected chi connectivity index (χ2v) is 3.17. The maximum absolute atomic E-state index is 5.25. The smallest absolute Gasteiger partial charge is 0.108 e. The molecule has 1 aromatic rings. The Morgan fingerprint density at radius 3 is 2.33 bits per heavy atom. The van der Waals surface area contributed by atoms with Crippen LogP contribution in [0, 0.1) is 12.3 Å². The Labute approximate surface area is 89.0 Å². The molecule has 0 atom stereocenters. The molecule has 2 heteroatoms. The monoisotopic (exact) mass is 194 g/mol. The third-order valence-corrected chi connectivity index (χ3v) is 2.07. The van der Waals surface area contributed by atoms with Crippen molar-refractivity contribution in [3.63, 3.8) is 0 Å². The molecule has 0 saturated heterocycles. The number of azo groups is 1.